The Morgan fingerprint density at radius 3 is 2.72 bits per heavy atom. The zero-order valence-corrected chi connectivity index (χ0v) is 14.1. The maximum atomic E-state index is 12.6. The normalized spacial score (nSPS) is 10.4. The maximum absolute atomic E-state index is 12.6. The van der Waals surface area contributed by atoms with Gasteiger partial charge in [0, 0.05) is 36.7 Å². The van der Waals surface area contributed by atoms with Gasteiger partial charge >= 0.3 is 0 Å². The number of benzene rings is 1. The van der Waals surface area contributed by atoms with Crippen molar-refractivity contribution in [3.05, 3.63) is 66.1 Å². The highest BCUT2D eigenvalue weighted by molar-refractivity contribution is 6.01. The molecule has 0 radical (unpaired) electrons. The SMILES string of the molecule is Cc1[nH]nc(-c2ccccc2)c1C(=O)NCCCNc1cccnc1. The number of anilines is 1. The third-order valence-corrected chi connectivity index (χ3v) is 3.85. The molecule has 0 spiro atoms. The minimum absolute atomic E-state index is 0.105. The number of pyridine rings is 1. The first kappa shape index (κ1) is 16.7. The van der Waals surface area contributed by atoms with Crippen molar-refractivity contribution in [2.75, 3.05) is 18.4 Å². The number of nitrogens with one attached hydrogen (secondary N) is 3. The Balaban J connectivity index is 1.54. The fraction of sp³-hybridized carbons (Fsp3) is 0.211. The molecule has 3 aromatic rings. The van der Waals surface area contributed by atoms with Crippen LogP contribution in [-0.4, -0.2) is 34.2 Å². The van der Waals surface area contributed by atoms with Crippen LogP contribution in [0.4, 0.5) is 5.69 Å². The minimum Gasteiger partial charge on any atom is -0.384 e. The van der Waals surface area contributed by atoms with E-state index in [4.69, 9.17) is 0 Å². The van der Waals surface area contributed by atoms with Gasteiger partial charge in [0.2, 0.25) is 0 Å². The molecule has 6 nitrogen and oxygen atoms in total. The summed E-state index contributed by atoms with van der Waals surface area (Å²) >= 11 is 0. The van der Waals surface area contributed by atoms with E-state index >= 15 is 0 Å². The molecule has 0 aliphatic carbocycles. The van der Waals surface area contributed by atoms with Crippen molar-refractivity contribution >= 4 is 11.6 Å². The van der Waals surface area contributed by atoms with E-state index in [0.717, 1.165) is 29.9 Å². The summed E-state index contributed by atoms with van der Waals surface area (Å²) in [4.78, 5) is 16.6. The van der Waals surface area contributed by atoms with E-state index in [0.29, 0.717) is 17.8 Å². The lowest BCUT2D eigenvalue weighted by molar-refractivity contribution is 0.0953. The molecule has 0 bridgehead atoms. The number of hydrogen-bond donors (Lipinski definition) is 3. The fourth-order valence-electron chi connectivity index (χ4n) is 2.59. The summed E-state index contributed by atoms with van der Waals surface area (Å²) < 4.78 is 0. The summed E-state index contributed by atoms with van der Waals surface area (Å²) in [5, 5.41) is 13.4. The van der Waals surface area contributed by atoms with Gasteiger partial charge in [0.05, 0.1) is 11.3 Å². The van der Waals surface area contributed by atoms with Crippen LogP contribution < -0.4 is 10.6 Å². The van der Waals surface area contributed by atoms with Gasteiger partial charge in [-0.2, -0.15) is 5.10 Å². The monoisotopic (exact) mass is 335 g/mol. The first-order valence-electron chi connectivity index (χ1n) is 8.28. The van der Waals surface area contributed by atoms with Crippen molar-refractivity contribution in [3.63, 3.8) is 0 Å². The van der Waals surface area contributed by atoms with Gasteiger partial charge in [-0.15, -0.1) is 0 Å². The molecule has 3 N–H and O–H groups in total. The third-order valence-electron chi connectivity index (χ3n) is 3.85. The number of rotatable bonds is 7. The molecule has 25 heavy (non-hydrogen) atoms. The first-order chi connectivity index (χ1) is 12.3. The van der Waals surface area contributed by atoms with Crippen LogP contribution in [0.25, 0.3) is 11.3 Å². The van der Waals surface area contributed by atoms with Crippen LogP contribution in [0.1, 0.15) is 22.5 Å². The molecule has 2 heterocycles. The molecular formula is C19H21N5O. The standard InChI is InChI=1S/C19H21N5O/c1-14-17(18(24-23-14)15-7-3-2-4-8-15)19(25)22-12-6-11-21-16-9-5-10-20-13-16/h2-5,7-10,13,21H,6,11-12H2,1H3,(H,22,25)(H,23,24). The van der Waals surface area contributed by atoms with Crippen LogP contribution in [0.5, 0.6) is 0 Å². The molecule has 0 saturated carbocycles. The van der Waals surface area contributed by atoms with Crippen molar-refractivity contribution in [1.82, 2.24) is 20.5 Å². The van der Waals surface area contributed by atoms with Crippen molar-refractivity contribution in [3.8, 4) is 11.3 Å². The van der Waals surface area contributed by atoms with Crippen LogP contribution in [0.15, 0.2) is 54.9 Å². The number of aryl methyl sites for hydroxylation is 1. The number of hydrogen-bond acceptors (Lipinski definition) is 4. The summed E-state index contributed by atoms with van der Waals surface area (Å²) in [6.07, 6.45) is 4.33. The highest BCUT2D eigenvalue weighted by Gasteiger charge is 2.18. The Labute approximate surface area is 146 Å². The Hall–Kier alpha value is -3.15. The van der Waals surface area contributed by atoms with Crippen LogP contribution in [0, 0.1) is 6.92 Å². The Morgan fingerprint density at radius 1 is 1.12 bits per heavy atom. The lowest BCUT2D eigenvalue weighted by atomic mass is 10.1. The number of carbonyl (C=O) groups is 1. The van der Waals surface area contributed by atoms with E-state index < -0.39 is 0 Å². The van der Waals surface area contributed by atoms with Gasteiger partial charge in [0.1, 0.15) is 5.69 Å². The van der Waals surface area contributed by atoms with E-state index in [1.807, 2.05) is 49.4 Å². The van der Waals surface area contributed by atoms with Gasteiger partial charge in [-0.3, -0.25) is 14.9 Å². The molecule has 0 saturated heterocycles. The summed E-state index contributed by atoms with van der Waals surface area (Å²) in [7, 11) is 0. The average Bonchev–Trinajstić information content (AvgIpc) is 3.04. The Kier molecular flexibility index (Phi) is 5.41. The predicted molar refractivity (Wildman–Crippen MR) is 98.4 cm³/mol. The summed E-state index contributed by atoms with van der Waals surface area (Å²) in [5.74, 6) is -0.105. The quantitative estimate of drug-likeness (QED) is 0.580. The van der Waals surface area contributed by atoms with Gasteiger partial charge in [-0.1, -0.05) is 30.3 Å². The topological polar surface area (TPSA) is 82.7 Å². The zero-order valence-electron chi connectivity index (χ0n) is 14.1. The Bertz CT molecular complexity index is 814. The van der Waals surface area contributed by atoms with E-state index in [1.54, 1.807) is 12.4 Å². The van der Waals surface area contributed by atoms with Gasteiger partial charge in [-0.05, 0) is 25.5 Å². The van der Waals surface area contributed by atoms with Gasteiger partial charge in [0.15, 0.2) is 0 Å². The van der Waals surface area contributed by atoms with Crippen molar-refractivity contribution in [2.24, 2.45) is 0 Å². The molecule has 0 aliphatic rings. The van der Waals surface area contributed by atoms with E-state index in [9.17, 15) is 4.79 Å². The van der Waals surface area contributed by atoms with Gasteiger partial charge < -0.3 is 10.6 Å². The lowest BCUT2D eigenvalue weighted by Gasteiger charge is -2.08. The minimum atomic E-state index is -0.105. The molecule has 0 aliphatic heterocycles. The number of amides is 1. The third kappa shape index (κ3) is 4.23. The summed E-state index contributed by atoms with van der Waals surface area (Å²) in [6.45, 7) is 3.21. The maximum Gasteiger partial charge on any atom is 0.255 e. The van der Waals surface area contributed by atoms with Crippen LogP contribution in [-0.2, 0) is 0 Å². The average molecular weight is 335 g/mol. The van der Waals surface area contributed by atoms with Crippen LogP contribution in [0.3, 0.4) is 0 Å². The highest BCUT2D eigenvalue weighted by Crippen LogP contribution is 2.23. The van der Waals surface area contributed by atoms with Crippen LogP contribution >= 0.6 is 0 Å². The molecule has 2 aromatic heterocycles. The number of H-pyrrole nitrogens is 1. The molecule has 6 heteroatoms. The summed E-state index contributed by atoms with van der Waals surface area (Å²) in [6, 6.07) is 13.6. The van der Waals surface area contributed by atoms with Crippen LogP contribution in [0.2, 0.25) is 0 Å². The molecule has 3 rings (SSSR count). The smallest absolute Gasteiger partial charge is 0.255 e. The molecule has 0 atom stereocenters. The number of aromatic nitrogens is 3. The van der Waals surface area contributed by atoms with Crippen molar-refractivity contribution in [2.45, 2.75) is 13.3 Å². The number of carbonyl (C=O) groups excluding carboxylic acids is 1. The van der Waals surface area contributed by atoms with Crippen molar-refractivity contribution < 1.29 is 4.79 Å². The lowest BCUT2D eigenvalue weighted by Crippen LogP contribution is -2.26. The second-order valence-electron chi connectivity index (χ2n) is 5.72. The van der Waals surface area contributed by atoms with E-state index in [1.165, 1.54) is 0 Å². The zero-order chi connectivity index (χ0) is 17.5. The fourth-order valence-corrected chi connectivity index (χ4v) is 2.59. The molecule has 1 aromatic carbocycles. The Morgan fingerprint density at radius 2 is 1.96 bits per heavy atom. The molecule has 0 fully saturated rings. The van der Waals surface area contributed by atoms with E-state index in [2.05, 4.69) is 25.8 Å². The molecule has 1 amide bonds. The number of nitrogens with zero attached hydrogens (tertiary/aromatic N) is 2. The predicted octanol–water partition coefficient (Wildman–Crippen LogP) is 3.01. The number of aromatic amines is 1. The second-order valence-corrected chi connectivity index (χ2v) is 5.72. The largest absolute Gasteiger partial charge is 0.384 e. The second kappa shape index (κ2) is 8.10. The molecule has 0 unspecified atom stereocenters. The van der Waals surface area contributed by atoms with Gasteiger partial charge in [0.25, 0.3) is 5.91 Å². The molecule has 128 valence electrons. The highest BCUT2D eigenvalue weighted by atomic mass is 16.1. The summed E-state index contributed by atoms with van der Waals surface area (Å²) in [5.41, 5.74) is 3.96. The van der Waals surface area contributed by atoms with E-state index in [-0.39, 0.29) is 5.91 Å². The van der Waals surface area contributed by atoms with Gasteiger partial charge in [-0.25, -0.2) is 0 Å². The first-order valence-corrected chi connectivity index (χ1v) is 8.28. The van der Waals surface area contributed by atoms with Crippen molar-refractivity contribution in [1.29, 1.82) is 0 Å². The molecular weight excluding hydrogens is 314 g/mol.